The molecule has 0 bridgehead atoms. The van der Waals surface area contributed by atoms with Crippen molar-refractivity contribution in [2.24, 2.45) is 11.8 Å². The van der Waals surface area contributed by atoms with Gasteiger partial charge in [-0.1, -0.05) is 30.3 Å². The van der Waals surface area contributed by atoms with E-state index in [1.165, 1.54) is 12.0 Å². The van der Waals surface area contributed by atoms with Crippen LogP contribution in [-0.2, 0) is 11.2 Å². The molecule has 2 fully saturated rings. The first kappa shape index (κ1) is 15.8. The third-order valence-corrected chi connectivity index (χ3v) is 4.75. The first-order chi connectivity index (χ1) is 11.2. The molecule has 3 rings (SSSR count). The molecule has 1 aliphatic carbocycles. The molecule has 5 nitrogen and oxygen atoms in total. The second-order valence-corrected chi connectivity index (χ2v) is 6.59. The molecule has 1 aromatic rings. The Morgan fingerprint density at radius 1 is 1.26 bits per heavy atom. The summed E-state index contributed by atoms with van der Waals surface area (Å²) in [5.41, 5.74) is 1.40. The second-order valence-electron chi connectivity index (χ2n) is 6.59. The van der Waals surface area contributed by atoms with Gasteiger partial charge in [-0.25, -0.2) is 4.79 Å². The van der Waals surface area contributed by atoms with Crippen LogP contribution in [0.15, 0.2) is 30.3 Å². The molecule has 3 amide bonds. The van der Waals surface area contributed by atoms with E-state index in [1.54, 1.807) is 4.90 Å². The van der Waals surface area contributed by atoms with Gasteiger partial charge in [0.1, 0.15) is 6.54 Å². The molecule has 5 heteroatoms. The number of urea groups is 1. The molecule has 0 unspecified atom stereocenters. The first-order valence-electron chi connectivity index (χ1n) is 8.56. The fourth-order valence-electron chi connectivity index (χ4n) is 3.29. The van der Waals surface area contributed by atoms with Gasteiger partial charge in [0, 0.05) is 19.6 Å². The molecule has 124 valence electrons. The molecule has 1 aliphatic heterocycles. The molecule has 0 spiro atoms. The van der Waals surface area contributed by atoms with Crippen molar-refractivity contribution in [3.05, 3.63) is 35.9 Å². The summed E-state index contributed by atoms with van der Waals surface area (Å²) in [6, 6.07) is 10.5. The SMILES string of the molecule is O=C1CN(C(=O)NCC[C@H]2C[C@@H]2Cc2ccccc2)CCCN1. The minimum absolute atomic E-state index is 0.0669. The number of hydrogen-bond donors (Lipinski definition) is 2. The topological polar surface area (TPSA) is 61.4 Å². The van der Waals surface area contributed by atoms with Crippen molar-refractivity contribution < 1.29 is 9.59 Å². The van der Waals surface area contributed by atoms with Crippen LogP contribution in [-0.4, -0.2) is 43.0 Å². The average Bonchev–Trinajstić information content (AvgIpc) is 3.32. The summed E-state index contributed by atoms with van der Waals surface area (Å²) in [7, 11) is 0. The summed E-state index contributed by atoms with van der Waals surface area (Å²) in [6.45, 7) is 2.18. The highest BCUT2D eigenvalue weighted by Gasteiger charge is 2.36. The van der Waals surface area contributed by atoms with E-state index < -0.39 is 0 Å². The molecule has 2 N–H and O–H groups in total. The van der Waals surface area contributed by atoms with Crippen LogP contribution in [0.4, 0.5) is 4.79 Å². The summed E-state index contributed by atoms with van der Waals surface area (Å²) in [4.78, 5) is 25.2. The van der Waals surface area contributed by atoms with E-state index in [4.69, 9.17) is 0 Å². The molecule has 2 atom stereocenters. The minimum Gasteiger partial charge on any atom is -0.354 e. The zero-order valence-electron chi connectivity index (χ0n) is 13.5. The molecular weight excluding hydrogens is 290 g/mol. The molecular formula is C18H25N3O2. The van der Waals surface area contributed by atoms with Crippen LogP contribution in [0.2, 0.25) is 0 Å². The van der Waals surface area contributed by atoms with Gasteiger partial charge in [-0.05, 0) is 43.1 Å². The Morgan fingerprint density at radius 3 is 2.91 bits per heavy atom. The van der Waals surface area contributed by atoms with Gasteiger partial charge in [-0.15, -0.1) is 0 Å². The Hall–Kier alpha value is -2.04. The molecule has 23 heavy (non-hydrogen) atoms. The third-order valence-electron chi connectivity index (χ3n) is 4.75. The lowest BCUT2D eigenvalue weighted by molar-refractivity contribution is -0.121. The largest absolute Gasteiger partial charge is 0.354 e. The maximum atomic E-state index is 12.1. The van der Waals surface area contributed by atoms with Crippen molar-refractivity contribution in [1.82, 2.24) is 15.5 Å². The van der Waals surface area contributed by atoms with Crippen LogP contribution in [0, 0.1) is 11.8 Å². The van der Waals surface area contributed by atoms with Gasteiger partial charge in [0.25, 0.3) is 0 Å². The quantitative estimate of drug-likeness (QED) is 0.870. The standard InChI is InChI=1S/C18H25N3O2/c22-17-13-21(10-4-8-19-17)18(23)20-9-7-15-12-16(15)11-14-5-2-1-3-6-14/h1-3,5-6,15-16H,4,7-13H2,(H,19,22)(H,20,23)/t15-,16-/m0/s1. The number of carbonyl (C=O) groups is 2. The molecule has 2 aliphatic rings. The Balaban J connectivity index is 1.34. The van der Waals surface area contributed by atoms with E-state index in [1.807, 2.05) is 6.07 Å². The van der Waals surface area contributed by atoms with Crippen molar-refractivity contribution in [3.63, 3.8) is 0 Å². The lowest BCUT2D eigenvalue weighted by Crippen LogP contribution is -2.43. The molecule has 1 heterocycles. The summed E-state index contributed by atoms with van der Waals surface area (Å²) in [5.74, 6) is 1.42. The van der Waals surface area contributed by atoms with Gasteiger partial charge in [0.15, 0.2) is 0 Å². The zero-order valence-corrected chi connectivity index (χ0v) is 13.5. The Bertz CT molecular complexity index is 546. The minimum atomic E-state index is -0.109. The van der Waals surface area contributed by atoms with Crippen molar-refractivity contribution in [2.45, 2.75) is 25.7 Å². The van der Waals surface area contributed by atoms with Gasteiger partial charge in [-0.2, -0.15) is 0 Å². The van der Waals surface area contributed by atoms with Crippen LogP contribution in [0.25, 0.3) is 0 Å². The Labute approximate surface area is 137 Å². The lowest BCUT2D eigenvalue weighted by atomic mass is 10.1. The van der Waals surface area contributed by atoms with Gasteiger partial charge >= 0.3 is 6.03 Å². The smallest absolute Gasteiger partial charge is 0.317 e. The van der Waals surface area contributed by atoms with Crippen molar-refractivity contribution in [1.29, 1.82) is 0 Å². The maximum Gasteiger partial charge on any atom is 0.317 e. The number of nitrogens with zero attached hydrogens (tertiary/aromatic N) is 1. The van der Waals surface area contributed by atoms with Gasteiger partial charge in [-0.3, -0.25) is 4.79 Å². The van der Waals surface area contributed by atoms with E-state index in [0.29, 0.717) is 19.6 Å². The van der Waals surface area contributed by atoms with E-state index in [-0.39, 0.29) is 18.5 Å². The fraction of sp³-hybridized carbons (Fsp3) is 0.556. The number of amides is 3. The number of benzene rings is 1. The Morgan fingerprint density at radius 2 is 2.09 bits per heavy atom. The average molecular weight is 315 g/mol. The molecule has 1 saturated carbocycles. The van der Waals surface area contributed by atoms with E-state index >= 15 is 0 Å². The van der Waals surface area contributed by atoms with Crippen molar-refractivity contribution in [2.75, 3.05) is 26.2 Å². The summed E-state index contributed by atoms with van der Waals surface area (Å²) < 4.78 is 0. The predicted molar refractivity (Wildman–Crippen MR) is 89.0 cm³/mol. The van der Waals surface area contributed by atoms with Crippen LogP contribution in [0.1, 0.15) is 24.8 Å². The number of carbonyl (C=O) groups excluding carboxylic acids is 2. The van der Waals surface area contributed by atoms with Crippen LogP contribution >= 0.6 is 0 Å². The normalized spacial score (nSPS) is 23.8. The molecule has 0 aromatic heterocycles. The van der Waals surface area contributed by atoms with Gasteiger partial charge < -0.3 is 15.5 Å². The predicted octanol–water partition coefficient (Wildman–Crippen LogP) is 1.79. The van der Waals surface area contributed by atoms with Crippen molar-refractivity contribution >= 4 is 11.9 Å². The Kier molecular flexibility index (Phi) is 5.16. The third kappa shape index (κ3) is 4.71. The van der Waals surface area contributed by atoms with E-state index in [9.17, 15) is 9.59 Å². The van der Waals surface area contributed by atoms with Crippen LogP contribution < -0.4 is 10.6 Å². The lowest BCUT2D eigenvalue weighted by Gasteiger charge is -2.19. The maximum absolute atomic E-state index is 12.1. The highest BCUT2D eigenvalue weighted by molar-refractivity contribution is 5.84. The highest BCUT2D eigenvalue weighted by Crippen LogP contribution is 2.43. The first-order valence-corrected chi connectivity index (χ1v) is 8.56. The van der Waals surface area contributed by atoms with Crippen molar-refractivity contribution in [3.8, 4) is 0 Å². The summed E-state index contributed by atoms with van der Waals surface area (Å²) >= 11 is 0. The number of rotatable bonds is 5. The summed E-state index contributed by atoms with van der Waals surface area (Å²) in [5, 5.41) is 5.75. The highest BCUT2D eigenvalue weighted by atomic mass is 16.2. The van der Waals surface area contributed by atoms with Crippen LogP contribution in [0.5, 0.6) is 0 Å². The number of nitrogens with one attached hydrogen (secondary N) is 2. The van der Waals surface area contributed by atoms with Crippen LogP contribution in [0.3, 0.4) is 0 Å². The second kappa shape index (κ2) is 7.49. The summed E-state index contributed by atoms with van der Waals surface area (Å²) in [6.07, 6.45) is 4.26. The van der Waals surface area contributed by atoms with Gasteiger partial charge in [0.2, 0.25) is 5.91 Å². The van der Waals surface area contributed by atoms with E-state index in [2.05, 4.69) is 34.9 Å². The van der Waals surface area contributed by atoms with E-state index in [0.717, 1.165) is 31.1 Å². The molecule has 0 radical (unpaired) electrons. The monoisotopic (exact) mass is 315 g/mol. The fourth-order valence-corrected chi connectivity index (χ4v) is 3.29. The number of hydrogen-bond acceptors (Lipinski definition) is 2. The molecule has 1 aromatic carbocycles. The van der Waals surface area contributed by atoms with Gasteiger partial charge in [0.05, 0.1) is 0 Å². The zero-order chi connectivity index (χ0) is 16.1. The molecule has 1 saturated heterocycles.